The molecule has 71 heavy (non-hydrogen) atoms. The summed E-state index contributed by atoms with van der Waals surface area (Å²) in [5.74, 6) is -0.410. The Kier molecular flexibility index (Phi) is 10.8. The molecule has 4 amide bonds. The second kappa shape index (κ2) is 17.8. The van der Waals surface area contributed by atoms with Crippen LogP contribution in [0.1, 0.15) is 108 Å². The summed E-state index contributed by atoms with van der Waals surface area (Å²) in [5, 5.41) is 17.4. The van der Waals surface area contributed by atoms with Gasteiger partial charge in [-0.2, -0.15) is 0 Å². The molecule has 3 fully saturated rings. The van der Waals surface area contributed by atoms with Gasteiger partial charge >= 0.3 is 0 Å². The van der Waals surface area contributed by atoms with Crippen molar-refractivity contribution in [2.45, 2.75) is 110 Å². The molecule has 3 N–H and O–H groups in total. The van der Waals surface area contributed by atoms with Crippen molar-refractivity contribution in [2.75, 3.05) is 66.3 Å². The van der Waals surface area contributed by atoms with Crippen molar-refractivity contribution in [3.05, 3.63) is 101 Å². The molecule has 9 heterocycles. The summed E-state index contributed by atoms with van der Waals surface area (Å²) in [4.78, 5) is 76.3. The topological polar surface area (TPSA) is 182 Å². The Hall–Kier alpha value is -6.85. The van der Waals surface area contributed by atoms with E-state index >= 15 is 0 Å². The Balaban J connectivity index is 0.751. The highest BCUT2D eigenvalue weighted by Gasteiger charge is 2.41. The lowest BCUT2D eigenvalue weighted by atomic mass is 9.89. The Morgan fingerprint density at radius 2 is 1.66 bits per heavy atom. The molecular formula is C54H63N11O6. The third-order valence-corrected chi connectivity index (χ3v) is 15.5. The van der Waals surface area contributed by atoms with Gasteiger partial charge in [0, 0.05) is 111 Å². The molecule has 0 radical (unpaired) electrons. The number of carbonyl (C=O) groups is 4. The lowest BCUT2D eigenvalue weighted by Crippen LogP contribution is -2.57. The van der Waals surface area contributed by atoms with Gasteiger partial charge in [-0.3, -0.25) is 34.3 Å². The van der Waals surface area contributed by atoms with Crippen LogP contribution in [0.5, 0.6) is 5.88 Å². The molecule has 1 aliphatic carbocycles. The van der Waals surface area contributed by atoms with E-state index in [0.717, 1.165) is 75.3 Å². The Morgan fingerprint density at radius 1 is 0.845 bits per heavy atom. The number of aliphatic hydroxyl groups is 1. The van der Waals surface area contributed by atoms with Gasteiger partial charge in [0.1, 0.15) is 29.1 Å². The Labute approximate surface area is 418 Å². The standard InChI is InChI=1S/C54H63N11O6/c1-32-30-61(36-14-17-60(18-15-36)37-7-9-40-35(23-37)31-65(51(40)68)42-10-12-46(66)59-49(42)67)19-20-62(32)38-8-11-45(56-29-38)58-41-24-34(28-57-50(41)71-6)39-13-16-55-48(47(39)54(4,5)70)64-22-21-63-43(52(64)69)25-33-26-53(2,3)27-44(33)63/h7-9,11,13,16,23-25,28-29,32,36,42,70H,10,12,14-15,17-22,26-27,30-31H2,1-6H3,(H,56,58)(H,59,66,67)/t32-,42-/m0/s1/i6D3. The second-order valence-corrected chi connectivity index (χ2v) is 21.4. The van der Waals surface area contributed by atoms with Crippen LogP contribution in [0.25, 0.3) is 11.1 Å². The predicted octanol–water partition coefficient (Wildman–Crippen LogP) is 6.05. The van der Waals surface area contributed by atoms with Crippen LogP contribution < -0.4 is 30.1 Å². The maximum absolute atomic E-state index is 14.3. The maximum atomic E-state index is 14.3. The number of hydrogen-bond donors (Lipinski definition) is 3. The lowest BCUT2D eigenvalue weighted by molar-refractivity contribution is -0.136. The number of nitrogens with zero attached hydrogens (tertiary/aromatic N) is 9. The molecule has 6 aliphatic rings. The number of carbonyl (C=O) groups excluding carboxylic acids is 4. The second-order valence-electron chi connectivity index (χ2n) is 21.4. The molecule has 5 aliphatic heterocycles. The molecule has 370 valence electrons. The molecule has 17 nitrogen and oxygen atoms in total. The van der Waals surface area contributed by atoms with Crippen LogP contribution in [0.15, 0.2) is 67.1 Å². The van der Waals surface area contributed by atoms with Crippen molar-refractivity contribution in [3.63, 3.8) is 0 Å². The monoisotopic (exact) mass is 965 g/mol. The normalized spacial score (nSPS) is 22.4. The molecule has 0 saturated carbocycles. The number of methoxy groups -OCH3 is 1. The van der Waals surface area contributed by atoms with Gasteiger partial charge in [0.15, 0.2) is 0 Å². The zero-order valence-electron chi connectivity index (χ0n) is 44.0. The number of rotatable bonds is 10. The first-order valence-corrected chi connectivity index (χ1v) is 24.9. The van der Waals surface area contributed by atoms with Crippen molar-refractivity contribution < 1.29 is 33.1 Å². The lowest BCUT2D eigenvalue weighted by Gasteiger charge is -2.46. The molecule has 2 atom stereocenters. The summed E-state index contributed by atoms with van der Waals surface area (Å²) in [5.41, 5.74) is 7.08. The molecule has 17 heteroatoms. The first kappa shape index (κ1) is 43.0. The van der Waals surface area contributed by atoms with Gasteiger partial charge in [0.2, 0.25) is 17.7 Å². The average Bonchev–Trinajstić information content (AvgIpc) is 3.98. The van der Waals surface area contributed by atoms with Gasteiger partial charge in [0.05, 0.1) is 28.6 Å². The van der Waals surface area contributed by atoms with Crippen molar-refractivity contribution in [1.29, 1.82) is 0 Å². The number of aromatic nitrogens is 4. The number of piperidine rings is 2. The van der Waals surface area contributed by atoms with Gasteiger partial charge in [-0.15, -0.1) is 0 Å². The predicted molar refractivity (Wildman–Crippen MR) is 270 cm³/mol. The fourth-order valence-corrected chi connectivity index (χ4v) is 12.1. The highest BCUT2D eigenvalue weighted by Crippen LogP contribution is 2.43. The van der Waals surface area contributed by atoms with Crippen LogP contribution in [0.2, 0.25) is 0 Å². The zero-order chi connectivity index (χ0) is 52.0. The number of piperazine rings is 1. The fourth-order valence-electron chi connectivity index (χ4n) is 12.1. The van der Waals surface area contributed by atoms with Crippen LogP contribution >= 0.6 is 0 Å². The van der Waals surface area contributed by atoms with E-state index in [0.29, 0.717) is 71.7 Å². The number of anilines is 5. The molecule has 11 rings (SSSR count). The van der Waals surface area contributed by atoms with E-state index in [9.17, 15) is 24.3 Å². The molecule has 1 aromatic carbocycles. The van der Waals surface area contributed by atoms with Gasteiger partial charge in [-0.1, -0.05) is 13.8 Å². The number of amides is 4. The number of pyridine rings is 3. The number of ether oxygens (including phenoxy) is 1. The van der Waals surface area contributed by atoms with Gasteiger partial charge < -0.3 is 34.4 Å². The third kappa shape index (κ3) is 8.55. The number of imide groups is 1. The smallest absolute Gasteiger partial charge is 0.276 e. The Bertz CT molecular complexity index is 3070. The Morgan fingerprint density at radius 3 is 2.41 bits per heavy atom. The zero-order valence-corrected chi connectivity index (χ0v) is 41.0. The number of nitrogens with one attached hydrogen (secondary N) is 2. The van der Waals surface area contributed by atoms with E-state index in [1.54, 1.807) is 42.0 Å². The van der Waals surface area contributed by atoms with E-state index in [-0.39, 0.29) is 47.2 Å². The van der Waals surface area contributed by atoms with E-state index < -0.39 is 24.6 Å². The first-order chi connectivity index (χ1) is 35.2. The van der Waals surface area contributed by atoms with Crippen molar-refractivity contribution in [3.8, 4) is 17.0 Å². The van der Waals surface area contributed by atoms with Crippen molar-refractivity contribution in [2.24, 2.45) is 5.41 Å². The molecule has 0 spiro atoms. The molecular weight excluding hydrogens is 899 g/mol. The summed E-state index contributed by atoms with van der Waals surface area (Å²) in [6.45, 7) is 15.7. The van der Waals surface area contributed by atoms with Crippen molar-refractivity contribution in [1.82, 2.24) is 34.6 Å². The van der Waals surface area contributed by atoms with E-state index in [4.69, 9.17) is 18.8 Å². The minimum Gasteiger partial charge on any atom is -0.480 e. The summed E-state index contributed by atoms with van der Waals surface area (Å²) in [6, 6.07) is 15.3. The highest BCUT2D eigenvalue weighted by atomic mass is 16.5. The van der Waals surface area contributed by atoms with Crippen molar-refractivity contribution >= 4 is 52.3 Å². The third-order valence-electron chi connectivity index (χ3n) is 15.5. The summed E-state index contributed by atoms with van der Waals surface area (Å²) < 4.78 is 31.3. The van der Waals surface area contributed by atoms with Crippen LogP contribution in [0.4, 0.5) is 28.7 Å². The van der Waals surface area contributed by atoms with Gasteiger partial charge in [-0.25, -0.2) is 15.0 Å². The maximum Gasteiger partial charge on any atom is 0.276 e. The number of benzene rings is 1. The van der Waals surface area contributed by atoms with Gasteiger partial charge in [0.25, 0.3) is 11.8 Å². The molecule has 4 aromatic heterocycles. The summed E-state index contributed by atoms with van der Waals surface area (Å²) >= 11 is 0. The SMILES string of the molecule is [2H]C([2H])([2H])Oc1ncc(-c2ccnc(N3CCn4c(cc5c4CC(C)(C)C5)C3=O)c2C(C)(C)O)cc1Nc1ccc(N2CCN(C3CCN(c4ccc5c(c4)CN([C@H]4CCC(=O)NC4=O)C5=O)CC3)C[C@@H]2C)cn1. The van der Waals surface area contributed by atoms with Crippen LogP contribution in [0, 0.1) is 5.41 Å². The fraction of sp³-hybridized carbons (Fsp3) is 0.463. The molecule has 0 bridgehead atoms. The van der Waals surface area contributed by atoms with E-state index in [1.807, 2.05) is 36.5 Å². The van der Waals surface area contributed by atoms with E-state index in [1.165, 1.54) is 17.5 Å². The van der Waals surface area contributed by atoms with Gasteiger partial charge in [-0.05, 0) is 124 Å². The largest absolute Gasteiger partial charge is 0.480 e. The minimum absolute atomic E-state index is 0.147. The van der Waals surface area contributed by atoms with Crippen LogP contribution in [0.3, 0.4) is 0 Å². The molecule has 5 aromatic rings. The number of hydrogen-bond acceptors (Lipinski definition) is 13. The first-order valence-electron chi connectivity index (χ1n) is 26.4. The average molecular weight is 965 g/mol. The molecule has 3 saturated heterocycles. The molecule has 0 unspecified atom stereocenters. The van der Waals surface area contributed by atoms with Crippen LogP contribution in [-0.4, -0.2) is 122 Å². The summed E-state index contributed by atoms with van der Waals surface area (Å²) in [7, 11) is -2.79. The quantitative estimate of drug-likeness (QED) is 0.138. The number of fused-ring (bicyclic) bond motifs is 4. The highest BCUT2D eigenvalue weighted by molar-refractivity contribution is 6.07. The van der Waals surface area contributed by atoms with Crippen LogP contribution in [-0.2, 0) is 41.1 Å². The minimum atomic E-state index is -2.79. The summed E-state index contributed by atoms with van der Waals surface area (Å²) in [6.07, 6.45) is 9.31. The van der Waals surface area contributed by atoms with E-state index in [2.05, 4.69) is 61.7 Å².